The van der Waals surface area contributed by atoms with Gasteiger partial charge in [-0.05, 0) is 49.5 Å². The molecule has 0 bridgehead atoms. The molecule has 1 N–H and O–H groups in total. The number of hydrogen-bond donors (Lipinski definition) is 1. The van der Waals surface area contributed by atoms with Gasteiger partial charge in [-0.1, -0.05) is 94.9 Å². The summed E-state index contributed by atoms with van der Waals surface area (Å²) in [7, 11) is 0. The average Bonchev–Trinajstić information content (AvgIpc) is 3.62. The molecule has 1 aliphatic rings. The average molecular weight is 630 g/mol. The van der Waals surface area contributed by atoms with Crippen molar-refractivity contribution in [3.63, 3.8) is 0 Å². The largest absolute Gasteiger partial charge is 0.479 e. The Morgan fingerprint density at radius 2 is 1.71 bits per heavy atom. The highest BCUT2D eigenvalue weighted by molar-refractivity contribution is 5.85. The lowest BCUT2D eigenvalue weighted by Gasteiger charge is -2.27. The molecule has 2 atom stereocenters. The van der Waals surface area contributed by atoms with Gasteiger partial charge in [-0.25, -0.2) is 8.78 Å². The third kappa shape index (κ3) is 12.0. The molecule has 0 aromatic heterocycles. The fraction of sp³-hybridized carbons (Fsp3) is 0.444. The number of rotatable bonds is 16. The van der Waals surface area contributed by atoms with Crippen molar-refractivity contribution in [2.24, 2.45) is 5.10 Å². The van der Waals surface area contributed by atoms with Crippen LogP contribution in [-0.4, -0.2) is 36.2 Å². The minimum Gasteiger partial charge on any atom is -0.479 e. The Kier molecular flexibility index (Phi) is 16.3. The number of carbonyl (C=O) groups is 1. The zero-order valence-electron chi connectivity index (χ0n) is 27.0. The van der Waals surface area contributed by atoms with Crippen LogP contribution >= 0.6 is 0 Å². The number of unbranched alkanes of at least 4 members (excludes halogenated alkanes) is 1. The lowest BCUT2D eigenvalue weighted by molar-refractivity contribution is -0.125. The van der Waals surface area contributed by atoms with Crippen molar-refractivity contribution in [3.05, 3.63) is 94.7 Å². The first kappa shape index (κ1) is 37.5. The minimum absolute atomic E-state index is 0.0766. The fourth-order valence-corrected chi connectivity index (χ4v) is 4.77. The van der Waals surface area contributed by atoms with Crippen LogP contribution in [0, 0.1) is 30.2 Å². The van der Waals surface area contributed by atoms with Crippen molar-refractivity contribution < 1.29 is 27.1 Å². The first-order chi connectivity index (χ1) is 21.5. The van der Waals surface area contributed by atoms with Gasteiger partial charge >= 0.3 is 0 Å². The third-order valence-corrected chi connectivity index (χ3v) is 7.75. The molecule has 2 aromatic rings. The molecule has 5 nitrogen and oxygen atoms in total. The maximum atomic E-state index is 14.0. The standard InChI is InChI=1S/C31H37F4N3O2.C5H10/c1-7-9-11-24-15-23(14-13-20(24)3)17-37-22(5)21(4)18-38(36-6)27(12-10-8-2)28(39)19-40-31-29(34)25(32)16-26(33)30(31)35;1-2-4-5-3-1/h7,9,11,13-16,18,22,27,37H,1,6,8,10,12,17,19H2,2-5H3;1-5H2/b11-9-,21-18+;. The normalized spacial score (nSPS) is 14.4. The molecule has 0 aliphatic heterocycles. The number of ketones is 1. The van der Waals surface area contributed by atoms with Gasteiger partial charge in [0, 0.05) is 31.6 Å². The van der Waals surface area contributed by atoms with Gasteiger partial charge in [-0.3, -0.25) is 9.80 Å². The van der Waals surface area contributed by atoms with Gasteiger partial charge in [0.2, 0.25) is 11.6 Å². The maximum absolute atomic E-state index is 14.0. The first-order valence-corrected chi connectivity index (χ1v) is 15.6. The zero-order valence-corrected chi connectivity index (χ0v) is 27.0. The van der Waals surface area contributed by atoms with E-state index < -0.39 is 47.5 Å². The molecule has 1 aliphatic carbocycles. The molecule has 246 valence electrons. The van der Waals surface area contributed by atoms with Gasteiger partial charge in [-0.15, -0.1) is 0 Å². The number of benzene rings is 2. The summed E-state index contributed by atoms with van der Waals surface area (Å²) in [5.74, 6) is -8.50. The zero-order chi connectivity index (χ0) is 33.4. The smallest absolute Gasteiger partial charge is 0.203 e. The second kappa shape index (κ2) is 19.6. The monoisotopic (exact) mass is 629 g/mol. The number of ether oxygens (including phenoxy) is 1. The van der Waals surface area contributed by atoms with E-state index in [0.29, 0.717) is 19.4 Å². The number of allylic oxidation sites excluding steroid dienone is 2. The van der Waals surface area contributed by atoms with E-state index in [-0.39, 0.29) is 12.1 Å². The molecule has 0 heterocycles. The highest BCUT2D eigenvalue weighted by Gasteiger charge is 2.27. The molecule has 3 rings (SSSR count). The van der Waals surface area contributed by atoms with Crippen molar-refractivity contribution in [1.29, 1.82) is 0 Å². The Morgan fingerprint density at radius 3 is 2.27 bits per heavy atom. The second-order valence-electron chi connectivity index (χ2n) is 11.3. The van der Waals surface area contributed by atoms with E-state index in [1.807, 2.05) is 45.9 Å². The summed E-state index contributed by atoms with van der Waals surface area (Å²) in [6, 6.07) is 5.31. The Balaban J connectivity index is 0.00000128. The number of nitrogens with one attached hydrogen (secondary N) is 1. The lowest BCUT2D eigenvalue weighted by atomic mass is 10.0. The second-order valence-corrected chi connectivity index (χ2v) is 11.3. The number of nitrogens with zero attached hydrogens (tertiary/aromatic N) is 2. The predicted molar refractivity (Wildman–Crippen MR) is 175 cm³/mol. The van der Waals surface area contributed by atoms with E-state index in [4.69, 9.17) is 4.74 Å². The number of halogens is 4. The molecule has 45 heavy (non-hydrogen) atoms. The fourth-order valence-electron chi connectivity index (χ4n) is 4.77. The minimum atomic E-state index is -1.71. The van der Waals surface area contributed by atoms with Crippen molar-refractivity contribution in [3.8, 4) is 5.75 Å². The Hall–Kier alpha value is -3.72. The molecule has 2 aromatic carbocycles. The number of hydrogen-bond acceptors (Lipinski definition) is 5. The Labute approximate surface area is 265 Å². The van der Waals surface area contributed by atoms with Crippen molar-refractivity contribution in [2.45, 2.75) is 97.7 Å². The number of hydrazone groups is 1. The van der Waals surface area contributed by atoms with Gasteiger partial charge in [0.05, 0.1) is 0 Å². The van der Waals surface area contributed by atoms with Crippen molar-refractivity contribution in [2.75, 3.05) is 6.61 Å². The van der Waals surface area contributed by atoms with Crippen LogP contribution in [0.5, 0.6) is 5.75 Å². The van der Waals surface area contributed by atoms with Crippen LogP contribution in [0.3, 0.4) is 0 Å². The third-order valence-electron chi connectivity index (χ3n) is 7.75. The number of Topliss-reactive ketones (excluding diaryl/α,β-unsaturated/α-hetero) is 1. The Morgan fingerprint density at radius 1 is 1.09 bits per heavy atom. The van der Waals surface area contributed by atoms with Crippen molar-refractivity contribution >= 4 is 18.6 Å². The predicted octanol–water partition coefficient (Wildman–Crippen LogP) is 9.21. The molecule has 0 radical (unpaired) electrons. The first-order valence-electron chi connectivity index (χ1n) is 15.6. The van der Waals surface area contributed by atoms with Gasteiger partial charge < -0.3 is 10.1 Å². The van der Waals surface area contributed by atoms with Crippen LogP contribution < -0.4 is 10.1 Å². The van der Waals surface area contributed by atoms with Crippen LogP contribution in [0.2, 0.25) is 0 Å². The molecule has 1 saturated carbocycles. The summed E-state index contributed by atoms with van der Waals surface area (Å²) in [6.45, 7) is 14.9. The van der Waals surface area contributed by atoms with E-state index in [2.05, 4.69) is 35.8 Å². The van der Waals surface area contributed by atoms with Crippen molar-refractivity contribution in [1.82, 2.24) is 10.3 Å². The molecule has 0 saturated heterocycles. The summed E-state index contributed by atoms with van der Waals surface area (Å²) in [6.07, 6.45) is 16.6. The molecular formula is C36H47F4N3O2. The maximum Gasteiger partial charge on any atom is 0.203 e. The van der Waals surface area contributed by atoms with Crippen LogP contribution in [-0.2, 0) is 11.3 Å². The van der Waals surface area contributed by atoms with E-state index >= 15 is 0 Å². The SMILES string of the molecule is C1CCCC1.C=C/C=C\c1cc(CNC(C)/C(C)=C/N(N=C)C(CCCC)C(=O)COc2c(F)c(F)cc(F)c2F)ccc1C. The molecule has 0 amide bonds. The van der Waals surface area contributed by atoms with Crippen LogP contribution in [0.4, 0.5) is 17.6 Å². The van der Waals surface area contributed by atoms with E-state index in [1.165, 1.54) is 37.1 Å². The van der Waals surface area contributed by atoms with E-state index in [0.717, 1.165) is 28.7 Å². The van der Waals surface area contributed by atoms with Gasteiger partial charge in [0.1, 0.15) is 12.6 Å². The number of carbonyl (C=O) groups excluding carboxylic acids is 1. The molecule has 0 spiro atoms. The van der Waals surface area contributed by atoms with Gasteiger partial charge in [-0.2, -0.15) is 13.9 Å². The summed E-state index contributed by atoms with van der Waals surface area (Å²) in [4.78, 5) is 13.1. The number of aryl methyl sites for hydroxylation is 1. The molecule has 2 unspecified atom stereocenters. The lowest BCUT2D eigenvalue weighted by Crippen LogP contribution is -2.38. The molecule has 9 heteroatoms. The van der Waals surface area contributed by atoms with Gasteiger partial charge in [0.15, 0.2) is 23.2 Å². The van der Waals surface area contributed by atoms with Crippen LogP contribution in [0.1, 0.15) is 88.8 Å². The highest BCUT2D eigenvalue weighted by atomic mass is 19.2. The molecular weight excluding hydrogens is 582 g/mol. The van der Waals surface area contributed by atoms with Crippen LogP contribution in [0.25, 0.3) is 6.08 Å². The summed E-state index contributed by atoms with van der Waals surface area (Å²) < 4.78 is 60.0. The summed E-state index contributed by atoms with van der Waals surface area (Å²) >= 11 is 0. The van der Waals surface area contributed by atoms with E-state index in [9.17, 15) is 22.4 Å². The van der Waals surface area contributed by atoms with Crippen LogP contribution in [0.15, 0.2) is 59.9 Å². The highest BCUT2D eigenvalue weighted by Crippen LogP contribution is 2.27. The topological polar surface area (TPSA) is 53.9 Å². The van der Waals surface area contributed by atoms with E-state index in [1.54, 1.807) is 12.3 Å². The quantitative estimate of drug-likeness (QED) is 0.0661. The molecule has 1 fully saturated rings. The summed E-state index contributed by atoms with van der Waals surface area (Å²) in [5.41, 5.74) is 4.19. The summed E-state index contributed by atoms with van der Waals surface area (Å²) in [5, 5.41) is 8.82. The Bertz CT molecular complexity index is 1300. The van der Waals surface area contributed by atoms with Gasteiger partial charge in [0.25, 0.3) is 0 Å².